The molecule has 0 saturated heterocycles. The van der Waals surface area contributed by atoms with Crippen LogP contribution in [0.15, 0.2) is 12.4 Å². The van der Waals surface area contributed by atoms with Crippen LogP contribution in [0, 0.1) is 0 Å². The van der Waals surface area contributed by atoms with E-state index in [-0.39, 0.29) is 12.1 Å². The summed E-state index contributed by atoms with van der Waals surface area (Å²) < 4.78 is 1.85. The number of nitrogens with two attached hydrogens (primary N) is 1. The molecule has 0 saturated carbocycles. The number of nitrogens with zero attached hydrogens (tertiary/aromatic N) is 4. The van der Waals surface area contributed by atoms with Gasteiger partial charge in [-0.3, -0.25) is 9.58 Å². The van der Waals surface area contributed by atoms with Crippen molar-refractivity contribution in [3.63, 3.8) is 0 Å². The molecule has 0 aliphatic heterocycles. The van der Waals surface area contributed by atoms with E-state index in [1.807, 2.05) is 17.9 Å². The molecule has 0 spiro atoms. The number of hydrogen-bond acceptors (Lipinski definition) is 4. The highest BCUT2D eigenvalue weighted by Gasteiger charge is 2.23. The van der Waals surface area contributed by atoms with Crippen LogP contribution in [0.5, 0.6) is 0 Å². The Bertz CT molecular complexity index is 360. The first-order valence-electron chi connectivity index (χ1n) is 7.04. The maximum absolute atomic E-state index is 6.30. The normalized spacial score (nSPS) is 15.2. The smallest absolute Gasteiger partial charge is 0.0538 e. The Hall–Kier alpha value is -0.910. The molecule has 2 N–H and O–H groups in total. The van der Waals surface area contributed by atoms with E-state index in [1.165, 1.54) is 5.56 Å². The molecule has 5 nitrogen and oxygen atoms in total. The summed E-state index contributed by atoms with van der Waals surface area (Å²) in [4.78, 5) is 4.57. The summed E-state index contributed by atoms with van der Waals surface area (Å²) in [5.74, 6) is 0. The van der Waals surface area contributed by atoms with Crippen molar-refractivity contribution in [3.8, 4) is 0 Å². The molecule has 1 heterocycles. The van der Waals surface area contributed by atoms with Crippen LogP contribution in [0.1, 0.15) is 31.4 Å². The second-order valence-corrected chi connectivity index (χ2v) is 5.60. The van der Waals surface area contributed by atoms with E-state index in [1.54, 1.807) is 0 Å². The van der Waals surface area contributed by atoms with Gasteiger partial charge in [0.2, 0.25) is 0 Å². The first-order chi connectivity index (χ1) is 8.95. The highest BCUT2D eigenvalue weighted by molar-refractivity contribution is 5.13. The zero-order chi connectivity index (χ0) is 14.4. The lowest BCUT2D eigenvalue weighted by atomic mass is 9.99. The molecule has 0 aromatic carbocycles. The summed E-state index contributed by atoms with van der Waals surface area (Å²) in [6.45, 7) is 4.29. The number of aromatic nitrogens is 2. The van der Waals surface area contributed by atoms with Crippen LogP contribution in [-0.2, 0) is 7.05 Å². The Balaban J connectivity index is 2.68. The number of likely N-dealkylation sites (N-methyl/N-ethyl adjacent to an activating group) is 1. The summed E-state index contributed by atoms with van der Waals surface area (Å²) in [5.41, 5.74) is 7.51. The SMILES string of the molecule is CCC(N)C(c1cnn(C)c1)N(C)CCCN(C)C. The lowest BCUT2D eigenvalue weighted by Crippen LogP contribution is -2.39. The molecular weight excluding hydrogens is 238 g/mol. The minimum Gasteiger partial charge on any atom is -0.326 e. The number of aryl methyl sites for hydroxylation is 1. The maximum atomic E-state index is 6.30. The van der Waals surface area contributed by atoms with Crippen molar-refractivity contribution in [1.82, 2.24) is 19.6 Å². The third-order valence-corrected chi connectivity index (χ3v) is 3.53. The van der Waals surface area contributed by atoms with Gasteiger partial charge in [-0.2, -0.15) is 5.10 Å². The van der Waals surface area contributed by atoms with Crippen molar-refractivity contribution in [2.45, 2.75) is 31.8 Å². The van der Waals surface area contributed by atoms with Gasteiger partial charge in [0, 0.05) is 24.8 Å². The first kappa shape index (κ1) is 16.1. The zero-order valence-electron chi connectivity index (χ0n) is 13.0. The van der Waals surface area contributed by atoms with Crippen molar-refractivity contribution in [2.24, 2.45) is 12.8 Å². The van der Waals surface area contributed by atoms with Crippen LogP contribution >= 0.6 is 0 Å². The summed E-state index contributed by atoms with van der Waals surface area (Å²) in [6, 6.07) is 0.398. The Morgan fingerprint density at radius 2 is 2.00 bits per heavy atom. The van der Waals surface area contributed by atoms with Crippen LogP contribution in [-0.4, -0.2) is 59.9 Å². The average Bonchev–Trinajstić information content (AvgIpc) is 2.75. The standard InChI is InChI=1S/C14H29N5/c1-6-13(15)14(12-10-16-19(5)11-12)18(4)9-7-8-17(2)3/h10-11,13-14H,6-9,15H2,1-5H3. The molecule has 0 aliphatic carbocycles. The van der Waals surface area contributed by atoms with Gasteiger partial charge >= 0.3 is 0 Å². The molecule has 2 unspecified atom stereocenters. The van der Waals surface area contributed by atoms with Crippen molar-refractivity contribution in [3.05, 3.63) is 18.0 Å². The predicted molar refractivity (Wildman–Crippen MR) is 80.0 cm³/mol. The van der Waals surface area contributed by atoms with E-state index < -0.39 is 0 Å². The summed E-state index contributed by atoms with van der Waals surface area (Å²) in [6.07, 6.45) is 6.12. The highest BCUT2D eigenvalue weighted by Crippen LogP contribution is 2.23. The molecule has 0 amide bonds. The van der Waals surface area contributed by atoms with Crippen LogP contribution in [0.3, 0.4) is 0 Å². The summed E-state index contributed by atoms with van der Waals surface area (Å²) >= 11 is 0. The fraction of sp³-hybridized carbons (Fsp3) is 0.786. The fourth-order valence-electron chi connectivity index (χ4n) is 2.42. The molecular formula is C14H29N5. The molecule has 0 radical (unpaired) electrons. The van der Waals surface area contributed by atoms with Gasteiger partial charge in [-0.05, 0) is 47.1 Å². The molecule has 5 heteroatoms. The van der Waals surface area contributed by atoms with Gasteiger partial charge in [-0.1, -0.05) is 6.92 Å². The van der Waals surface area contributed by atoms with Crippen molar-refractivity contribution in [2.75, 3.05) is 34.2 Å². The van der Waals surface area contributed by atoms with E-state index in [4.69, 9.17) is 5.73 Å². The van der Waals surface area contributed by atoms with E-state index in [0.717, 1.165) is 25.9 Å². The first-order valence-corrected chi connectivity index (χ1v) is 7.04. The quantitative estimate of drug-likeness (QED) is 0.766. The molecule has 19 heavy (non-hydrogen) atoms. The minimum atomic E-state index is 0.147. The molecule has 0 aliphatic rings. The van der Waals surface area contributed by atoms with E-state index in [2.05, 4.69) is 49.2 Å². The molecule has 110 valence electrons. The Morgan fingerprint density at radius 3 is 2.47 bits per heavy atom. The summed E-state index contributed by atoms with van der Waals surface area (Å²) in [5, 5.41) is 4.27. The topological polar surface area (TPSA) is 50.3 Å². The largest absolute Gasteiger partial charge is 0.326 e. The van der Waals surface area contributed by atoms with E-state index in [9.17, 15) is 0 Å². The molecule has 2 atom stereocenters. The van der Waals surface area contributed by atoms with Crippen LogP contribution < -0.4 is 5.73 Å². The van der Waals surface area contributed by atoms with E-state index in [0.29, 0.717) is 0 Å². The van der Waals surface area contributed by atoms with Crippen molar-refractivity contribution >= 4 is 0 Å². The predicted octanol–water partition coefficient (Wildman–Crippen LogP) is 1.08. The number of rotatable bonds is 8. The molecule has 0 bridgehead atoms. The van der Waals surface area contributed by atoms with Crippen molar-refractivity contribution < 1.29 is 0 Å². The maximum Gasteiger partial charge on any atom is 0.0538 e. The van der Waals surface area contributed by atoms with Crippen molar-refractivity contribution in [1.29, 1.82) is 0 Å². The molecule has 1 aromatic rings. The minimum absolute atomic E-state index is 0.147. The molecule has 1 aromatic heterocycles. The second-order valence-electron chi connectivity index (χ2n) is 5.60. The van der Waals surface area contributed by atoms with Crippen LogP contribution in [0.4, 0.5) is 0 Å². The molecule has 1 rings (SSSR count). The lowest BCUT2D eigenvalue weighted by Gasteiger charge is -2.32. The number of hydrogen-bond donors (Lipinski definition) is 1. The third kappa shape index (κ3) is 4.93. The van der Waals surface area contributed by atoms with Crippen LogP contribution in [0.2, 0.25) is 0 Å². The van der Waals surface area contributed by atoms with Gasteiger partial charge < -0.3 is 10.6 Å². The second kappa shape index (κ2) is 7.62. The highest BCUT2D eigenvalue weighted by atomic mass is 15.2. The Kier molecular flexibility index (Phi) is 6.48. The van der Waals surface area contributed by atoms with E-state index >= 15 is 0 Å². The zero-order valence-corrected chi connectivity index (χ0v) is 13.0. The lowest BCUT2D eigenvalue weighted by molar-refractivity contribution is 0.200. The van der Waals surface area contributed by atoms with Crippen LogP contribution in [0.25, 0.3) is 0 Å². The van der Waals surface area contributed by atoms with Gasteiger partial charge in [0.1, 0.15) is 0 Å². The monoisotopic (exact) mass is 267 g/mol. The Morgan fingerprint density at radius 1 is 1.32 bits per heavy atom. The van der Waals surface area contributed by atoms with Gasteiger partial charge in [-0.25, -0.2) is 0 Å². The third-order valence-electron chi connectivity index (χ3n) is 3.53. The Labute approximate surface area is 117 Å². The van der Waals surface area contributed by atoms with Gasteiger partial charge in [0.05, 0.1) is 12.2 Å². The fourth-order valence-corrected chi connectivity index (χ4v) is 2.42. The van der Waals surface area contributed by atoms with Gasteiger partial charge in [0.25, 0.3) is 0 Å². The average molecular weight is 267 g/mol. The molecule has 0 fully saturated rings. The van der Waals surface area contributed by atoms with Gasteiger partial charge in [-0.15, -0.1) is 0 Å². The summed E-state index contributed by atoms with van der Waals surface area (Å²) in [7, 11) is 8.32. The van der Waals surface area contributed by atoms with Gasteiger partial charge in [0.15, 0.2) is 0 Å².